The molecule has 1 saturated heterocycles. The van der Waals surface area contributed by atoms with Crippen molar-refractivity contribution in [3.8, 4) is 0 Å². The van der Waals surface area contributed by atoms with Crippen LogP contribution in [0.1, 0.15) is 19.8 Å². The Labute approximate surface area is 73.9 Å². The van der Waals surface area contributed by atoms with Gasteiger partial charge in [-0.3, -0.25) is 0 Å². The Hall–Kier alpha value is -0.760. The van der Waals surface area contributed by atoms with Gasteiger partial charge in [0.25, 0.3) is 0 Å². The van der Waals surface area contributed by atoms with E-state index in [0.717, 1.165) is 25.2 Å². The highest BCUT2D eigenvalue weighted by atomic mass is 16.6. The van der Waals surface area contributed by atoms with Crippen molar-refractivity contribution in [1.82, 2.24) is 0 Å². The number of ether oxygens (including phenoxy) is 2. The van der Waals surface area contributed by atoms with E-state index in [0.29, 0.717) is 12.7 Å². The number of allylic oxidation sites excluding steroid dienone is 3. The van der Waals surface area contributed by atoms with E-state index in [1.807, 2.05) is 19.1 Å². The minimum Gasteiger partial charge on any atom is -0.495 e. The van der Waals surface area contributed by atoms with E-state index in [1.54, 1.807) is 0 Å². The zero-order valence-electron chi connectivity index (χ0n) is 7.58. The smallest absolute Gasteiger partial charge is 0.116 e. The van der Waals surface area contributed by atoms with Gasteiger partial charge in [-0.15, -0.1) is 6.58 Å². The molecule has 1 aliphatic heterocycles. The fraction of sp³-hybridized carbons (Fsp3) is 0.600. The highest BCUT2D eigenvalue weighted by molar-refractivity contribution is 4.93. The van der Waals surface area contributed by atoms with E-state index in [-0.39, 0.29) is 0 Å². The molecule has 0 spiro atoms. The molecule has 0 bridgehead atoms. The molecule has 1 atom stereocenters. The van der Waals surface area contributed by atoms with Gasteiger partial charge in [0.05, 0.1) is 12.4 Å². The summed E-state index contributed by atoms with van der Waals surface area (Å²) >= 11 is 0. The second kappa shape index (κ2) is 4.99. The first-order chi connectivity index (χ1) is 5.86. The maximum atomic E-state index is 5.51. The Kier molecular flexibility index (Phi) is 3.88. The molecule has 1 unspecified atom stereocenters. The molecule has 12 heavy (non-hydrogen) atoms. The minimum atomic E-state index is 0.351. The van der Waals surface area contributed by atoms with E-state index < -0.39 is 0 Å². The highest BCUT2D eigenvalue weighted by Crippen LogP contribution is 2.13. The van der Waals surface area contributed by atoms with Crippen LogP contribution in [0, 0.1) is 0 Å². The quantitative estimate of drug-likeness (QED) is 0.345. The maximum absolute atomic E-state index is 5.51. The zero-order valence-corrected chi connectivity index (χ0v) is 7.58. The summed E-state index contributed by atoms with van der Waals surface area (Å²) in [5, 5.41) is 0. The Morgan fingerprint density at radius 3 is 3.00 bits per heavy atom. The Morgan fingerprint density at radius 2 is 2.50 bits per heavy atom. The molecule has 1 fully saturated rings. The molecule has 0 amide bonds. The monoisotopic (exact) mass is 168 g/mol. The summed E-state index contributed by atoms with van der Waals surface area (Å²) in [7, 11) is 0. The summed E-state index contributed by atoms with van der Waals surface area (Å²) in [6.45, 7) is 7.22. The van der Waals surface area contributed by atoms with Gasteiger partial charge < -0.3 is 9.47 Å². The number of hydrogen-bond acceptors (Lipinski definition) is 2. The summed E-state index contributed by atoms with van der Waals surface area (Å²) in [5.41, 5.74) is 0. The lowest BCUT2D eigenvalue weighted by atomic mass is 10.2. The normalized spacial score (nSPS) is 22.1. The molecule has 1 aliphatic rings. The van der Waals surface area contributed by atoms with Gasteiger partial charge in [-0.25, -0.2) is 0 Å². The van der Waals surface area contributed by atoms with E-state index in [9.17, 15) is 0 Å². The van der Waals surface area contributed by atoms with Crippen LogP contribution < -0.4 is 0 Å². The number of rotatable bonds is 6. The van der Waals surface area contributed by atoms with Crippen molar-refractivity contribution in [1.29, 1.82) is 0 Å². The molecule has 2 heteroatoms. The van der Waals surface area contributed by atoms with E-state index in [4.69, 9.17) is 9.47 Å². The molecule has 68 valence electrons. The molecule has 1 rings (SSSR count). The van der Waals surface area contributed by atoms with Crippen LogP contribution in [0.25, 0.3) is 0 Å². The van der Waals surface area contributed by atoms with Crippen LogP contribution in [0.4, 0.5) is 0 Å². The number of hydrogen-bond donors (Lipinski definition) is 0. The third-order valence-electron chi connectivity index (χ3n) is 1.77. The predicted octanol–water partition coefficient (Wildman–Crippen LogP) is 2.27. The molecular formula is C10H16O2. The van der Waals surface area contributed by atoms with Crippen LogP contribution in [0.2, 0.25) is 0 Å². The lowest BCUT2D eigenvalue weighted by Crippen LogP contribution is -2.01. The van der Waals surface area contributed by atoms with Crippen molar-refractivity contribution in [2.45, 2.75) is 25.9 Å². The summed E-state index contributed by atoms with van der Waals surface area (Å²) in [4.78, 5) is 0. The van der Waals surface area contributed by atoms with Crippen LogP contribution in [0.3, 0.4) is 0 Å². The summed E-state index contributed by atoms with van der Waals surface area (Å²) < 4.78 is 10.5. The maximum Gasteiger partial charge on any atom is 0.116 e. The van der Waals surface area contributed by atoms with Gasteiger partial charge in [-0.1, -0.05) is 6.08 Å². The lowest BCUT2D eigenvalue weighted by molar-refractivity contribution is 0.175. The largest absolute Gasteiger partial charge is 0.495 e. The second-order valence-electron chi connectivity index (χ2n) is 2.85. The second-order valence-corrected chi connectivity index (χ2v) is 2.85. The van der Waals surface area contributed by atoms with Gasteiger partial charge in [0.15, 0.2) is 0 Å². The van der Waals surface area contributed by atoms with Crippen LogP contribution in [-0.2, 0) is 9.47 Å². The predicted molar refractivity (Wildman–Crippen MR) is 48.9 cm³/mol. The fourth-order valence-corrected chi connectivity index (χ4v) is 0.908. The van der Waals surface area contributed by atoms with Crippen molar-refractivity contribution in [2.24, 2.45) is 0 Å². The Balaban J connectivity index is 2.10. The van der Waals surface area contributed by atoms with Gasteiger partial charge in [-0.05, 0) is 19.4 Å². The average Bonchev–Trinajstić information content (AvgIpc) is 2.89. The topological polar surface area (TPSA) is 21.8 Å². The molecule has 0 aromatic heterocycles. The molecule has 0 saturated carbocycles. The molecular weight excluding hydrogens is 152 g/mol. The molecule has 0 radical (unpaired) electrons. The van der Waals surface area contributed by atoms with Crippen molar-refractivity contribution >= 4 is 0 Å². The van der Waals surface area contributed by atoms with Crippen LogP contribution in [0.15, 0.2) is 24.5 Å². The highest BCUT2D eigenvalue weighted by Gasteiger charge is 2.23. The first-order valence-corrected chi connectivity index (χ1v) is 4.37. The van der Waals surface area contributed by atoms with Crippen LogP contribution >= 0.6 is 0 Å². The Bertz CT molecular complexity index is 169. The first-order valence-electron chi connectivity index (χ1n) is 4.37. The van der Waals surface area contributed by atoms with Crippen molar-refractivity contribution in [3.63, 3.8) is 0 Å². The number of epoxide rings is 1. The van der Waals surface area contributed by atoms with Gasteiger partial charge in [0.2, 0.25) is 0 Å². The molecule has 0 aliphatic carbocycles. The third kappa shape index (κ3) is 3.58. The SMILES string of the molecule is C=CCC/C(=C\C)OCC1CO1. The third-order valence-corrected chi connectivity index (χ3v) is 1.77. The van der Waals surface area contributed by atoms with E-state index in [1.165, 1.54) is 0 Å². The van der Waals surface area contributed by atoms with Gasteiger partial charge in [0.1, 0.15) is 12.7 Å². The minimum absolute atomic E-state index is 0.351. The van der Waals surface area contributed by atoms with Gasteiger partial charge in [-0.2, -0.15) is 0 Å². The molecule has 0 aromatic rings. The van der Waals surface area contributed by atoms with Crippen molar-refractivity contribution < 1.29 is 9.47 Å². The molecule has 0 aromatic carbocycles. The zero-order chi connectivity index (χ0) is 8.81. The summed E-state index contributed by atoms with van der Waals surface area (Å²) in [5.74, 6) is 1.05. The van der Waals surface area contributed by atoms with Crippen molar-refractivity contribution in [2.75, 3.05) is 13.2 Å². The molecule has 1 heterocycles. The molecule has 0 N–H and O–H groups in total. The summed E-state index contributed by atoms with van der Waals surface area (Å²) in [6.07, 6.45) is 6.19. The van der Waals surface area contributed by atoms with E-state index in [2.05, 4.69) is 6.58 Å². The van der Waals surface area contributed by atoms with Crippen LogP contribution in [-0.4, -0.2) is 19.3 Å². The lowest BCUT2D eigenvalue weighted by Gasteiger charge is -2.06. The molecule has 2 nitrogen and oxygen atoms in total. The van der Waals surface area contributed by atoms with Crippen LogP contribution in [0.5, 0.6) is 0 Å². The van der Waals surface area contributed by atoms with E-state index >= 15 is 0 Å². The van der Waals surface area contributed by atoms with Gasteiger partial charge in [0, 0.05) is 6.42 Å². The first kappa shape index (κ1) is 9.33. The van der Waals surface area contributed by atoms with Gasteiger partial charge >= 0.3 is 0 Å². The summed E-state index contributed by atoms with van der Waals surface area (Å²) in [6, 6.07) is 0. The fourth-order valence-electron chi connectivity index (χ4n) is 0.908. The standard InChI is InChI=1S/C10H16O2/c1-3-5-6-9(4-2)11-7-10-8-12-10/h3-4,10H,1,5-8H2,2H3/b9-4+. The Morgan fingerprint density at radius 1 is 1.75 bits per heavy atom. The van der Waals surface area contributed by atoms with Crippen molar-refractivity contribution in [3.05, 3.63) is 24.5 Å². The average molecular weight is 168 g/mol.